The van der Waals surface area contributed by atoms with E-state index in [4.69, 9.17) is 40.6 Å². The SMILES string of the molecule is Nc1ccc(N)c(Cl)c1.O=S(=O)(O)O. The van der Waals surface area contributed by atoms with Crippen LogP contribution in [0.3, 0.4) is 0 Å². The number of nitrogens with two attached hydrogens (primary N) is 2. The zero-order valence-electron chi connectivity index (χ0n) is 6.88. The van der Waals surface area contributed by atoms with Gasteiger partial charge in [-0.25, -0.2) is 0 Å². The molecule has 6 N–H and O–H groups in total. The van der Waals surface area contributed by atoms with Gasteiger partial charge in [0.1, 0.15) is 0 Å². The molecule has 0 saturated heterocycles. The molecule has 1 aromatic carbocycles. The largest absolute Gasteiger partial charge is 0.399 e. The summed E-state index contributed by atoms with van der Waals surface area (Å²) in [5.74, 6) is 0. The van der Waals surface area contributed by atoms with E-state index in [9.17, 15) is 0 Å². The highest BCUT2D eigenvalue weighted by molar-refractivity contribution is 7.79. The number of rotatable bonds is 0. The lowest BCUT2D eigenvalue weighted by Crippen LogP contribution is -1.89. The molecule has 0 aliphatic heterocycles. The first-order chi connectivity index (χ1) is 6.20. The van der Waals surface area contributed by atoms with Crippen LogP contribution in [0.5, 0.6) is 0 Å². The van der Waals surface area contributed by atoms with Crippen molar-refractivity contribution in [1.29, 1.82) is 0 Å². The van der Waals surface area contributed by atoms with Crippen LogP contribution in [-0.4, -0.2) is 17.5 Å². The Morgan fingerprint density at radius 1 is 1.21 bits per heavy atom. The van der Waals surface area contributed by atoms with Crippen molar-refractivity contribution in [2.75, 3.05) is 11.5 Å². The predicted octanol–water partition coefficient (Wildman–Crippen LogP) is 0.852. The van der Waals surface area contributed by atoms with E-state index < -0.39 is 10.4 Å². The Bertz CT molecular complexity index is 398. The van der Waals surface area contributed by atoms with Crippen molar-refractivity contribution >= 4 is 33.4 Å². The minimum atomic E-state index is -4.67. The van der Waals surface area contributed by atoms with Gasteiger partial charge in [0.25, 0.3) is 0 Å². The molecule has 0 atom stereocenters. The summed E-state index contributed by atoms with van der Waals surface area (Å²) in [6.45, 7) is 0. The lowest BCUT2D eigenvalue weighted by Gasteiger charge is -1.96. The van der Waals surface area contributed by atoms with Crippen molar-refractivity contribution in [3.63, 3.8) is 0 Å². The van der Waals surface area contributed by atoms with Gasteiger partial charge in [-0.1, -0.05) is 11.6 Å². The summed E-state index contributed by atoms with van der Waals surface area (Å²) in [5.41, 5.74) is 12.0. The second-order valence-corrected chi connectivity index (χ2v) is 3.53. The Balaban J connectivity index is 0.000000292. The molecule has 0 aliphatic carbocycles. The first kappa shape index (κ1) is 13.0. The minimum Gasteiger partial charge on any atom is -0.399 e. The molecule has 0 saturated carbocycles. The van der Waals surface area contributed by atoms with Crippen molar-refractivity contribution in [3.8, 4) is 0 Å². The number of anilines is 2. The van der Waals surface area contributed by atoms with Crippen LogP contribution in [0.25, 0.3) is 0 Å². The van der Waals surface area contributed by atoms with E-state index in [1.807, 2.05) is 0 Å². The van der Waals surface area contributed by atoms with Gasteiger partial charge in [0.2, 0.25) is 0 Å². The molecule has 0 fully saturated rings. The molecule has 0 spiro atoms. The van der Waals surface area contributed by atoms with Crippen molar-refractivity contribution < 1.29 is 17.5 Å². The molecular formula is C6H9ClN2O4S. The Morgan fingerprint density at radius 2 is 1.64 bits per heavy atom. The van der Waals surface area contributed by atoms with Crippen LogP contribution in [0.4, 0.5) is 11.4 Å². The van der Waals surface area contributed by atoms with Gasteiger partial charge in [0.15, 0.2) is 0 Å². The summed E-state index contributed by atoms with van der Waals surface area (Å²) in [4.78, 5) is 0. The number of hydrogen-bond donors (Lipinski definition) is 4. The number of benzene rings is 1. The summed E-state index contributed by atoms with van der Waals surface area (Å²) >= 11 is 5.61. The third kappa shape index (κ3) is 7.62. The fourth-order valence-electron chi connectivity index (χ4n) is 0.543. The van der Waals surface area contributed by atoms with E-state index in [-0.39, 0.29) is 0 Å². The van der Waals surface area contributed by atoms with Crippen LogP contribution >= 0.6 is 11.6 Å². The van der Waals surface area contributed by atoms with Crippen molar-refractivity contribution in [2.24, 2.45) is 0 Å². The van der Waals surface area contributed by atoms with E-state index in [2.05, 4.69) is 0 Å². The number of hydrogen-bond acceptors (Lipinski definition) is 4. The van der Waals surface area contributed by atoms with E-state index in [1.54, 1.807) is 18.2 Å². The molecule has 14 heavy (non-hydrogen) atoms. The molecule has 0 aromatic heterocycles. The van der Waals surface area contributed by atoms with Gasteiger partial charge in [0.05, 0.1) is 10.7 Å². The summed E-state index contributed by atoms with van der Waals surface area (Å²) < 4.78 is 31.6. The summed E-state index contributed by atoms with van der Waals surface area (Å²) in [7, 11) is -4.67. The highest BCUT2D eigenvalue weighted by atomic mass is 35.5. The number of nitrogen functional groups attached to an aromatic ring is 2. The topological polar surface area (TPSA) is 127 Å². The second-order valence-electron chi connectivity index (χ2n) is 2.23. The normalized spacial score (nSPS) is 10.2. The molecule has 1 rings (SSSR count). The molecule has 0 heterocycles. The van der Waals surface area contributed by atoms with Crippen molar-refractivity contribution in [2.45, 2.75) is 0 Å². The Morgan fingerprint density at radius 3 is 1.93 bits per heavy atom. The van der Waals surface area contributed by atoms with Gasteiger partial charge in [-0.2, -0.15) is 8.42 Å². The highest BCUT2D eigenvalue weighted by Gasteiger charge is 1.92. The lowest BCUT2D eigenvalue weighted by atomic mass is 10.3. The standard InChI is InChI=1S/C6H7ClN2.H2O4S/c7-5-3-4(8)1-2-6(5)9;1-5(2,3)4/h1-3H,8-9H2;(H2,1,2,3,4). The average molecular weight is 241 g/mol. The minimum absolute atomic E-state index is 0.509. The van der Waals surface area contributed by atoms with Gasteiger partial charge in [0, 0.05) is 5.69 Å². The van der Waals surface area contributed by atoms with Gasteiger partial charge in [-0.05, 0) is 18.2 Å². The molecule has 0 bridgehead atoms. The molecular weight excluding hydrogens is 232 g/mol. The summed E-state index contributed by atoms with van der Waals surface area (Å²) in [6, 6.07) is 5.01. The van der Waals surface area contributed by atoms with E-state index in [1.165, 1.54) is 0 Å². The van der Waals surface area contributed by atoms with Crippen molar-refractivity contribution in [1.82, 2.24) is 0 Å². The monoisotopic (exact) mass is 240 g/mol. The van der Waals surface area contributed by atoms with Gasteiger partial charge in [-0.3, -0.25) is 9.11 Å². The van der Waals surface area contributed by atoms with Crippen LogP contribution in [-0.2, 0) is 10.4 Å². The molecule has 8 heteroatoms. The fraction of sp³-hybridized carbons (Fsp3) is 0. The van der Waals surface area contributed by atoms with E-state index in [0.29, 0.717) is 16.4 Å². The van der Waals surface area contributed by atoms with E-state index >= 15 is 0 Å². The molecule has 0 unspecified atom stereocenters. The smallest absolute Gasteiger partial charge is 0.394 e. The first-order valence-electron chi connectivity index (χ1n) is 3.20. The number of halogens is 1. The Labute approximate surface area is 86.1 Å². The second kappa shape index (κ2) is 5.01. The predicted molar refractivity (Wildman–Crippen MR) is 54.5 cm³/mol. The highest BCUT2D eigenvalue weighted by Crippen LogP contribution is 2.20. The molecule has 0 radical (unpaired) electrons. The zero-order valence-corrected chi connectivity index (χ0v) is 8.46. The lowest BCUT2D eigenvalue weighted by molar-refractivity contribution is 0.381. The molecule has 6 nitrogen and oxygen atoms in total. The first-order valence-corrected chi connectivity index (χ1v) is 4.98. The van der Waals surface area contributed by atoms with E-state index in [0.717, 1.165) is 0 Å². The van der Waals surface area contributed by atoms with Crippen LogP contribution in [0, 0.1) is 0 Å². The maximum Gasteiger partial charge on any atom is 0.394 e. The van der Waals surface area contributed by atoms with Crippen LogP contribution in [0.2, 0.25) is 5.02 Å². The summed E-state index contributed by atoms with van der Waals surface area (Å²) in [5, 5.41) is 0.509. The van der Waals surface area contributed by atoms with Crippen LogP contribution < -0.4 is 11.5 Å². The third-order valence-electron chi connectivity index (χ3n) is 1.02. The molecule has 0 aliphatic rings. The fourth-order valence-corrected chi connectivity index (χ4v) is 0.732. The molecule has 80 valence electrons. The molecule has 0 amide bonds. The van der Waals surface area contributed by atoms with Gasteiger partial charge < -0.3 is 11.5 Å². The van der Waals surface area contributed by atoms with Gasteiger partial charge in [-0.15, -0.1) is 0 Å². The van der Waals surface area contributed by atoms with Crippen LogP contribution in [0.1, 0.15) is 0 Å². The van der Waals surface area contributed by atoms with Gasteiger partial charge >= 0.3 is 10.4 Å². The average Bonchev–Trinajstić information content (AvgIpc) is 1.94. The molecule has 1 aromatic rings. The third-order valence-corrected chi connectivity index (χ3v) is 1.35. The van der Waals surface area contributed by atoms with Crippen molar-refractivity contribution in [3.05, 3.63) is 23.2 Å². The Hall–Kier alpha value is -1.02. The quantitative estimate of drug-likeness (QED) is 0.393. The Kier molecular flexibility index (Phi) is 4.64. The summed E-state index contributed by atoms with van der Waals surface area (Å²) in [6.07, 6.45) is 0. The maximum atomic E-state index is 8.74. The zero-order chi connectivity index (χ0) is 11.4. The maximum absolute atomic E-state index is 8.74. The van der Waals surface area contributed by atoms with Crippen LogP contribution in [0.15, 0.2) is 18.2 Å².